The molecule has 0 spiro atoms. The summed E-state index contributed by atoms with van der Waals surface area (Å²) in [6.07, 6.45) is 1.86. The standard InChI is InChI=1S/C45H46F3N9O7.C2H3N.C2H6/c1-4-63-36-21-28(7-10-34(36)62-3)25-57-42(59)30-11-14-49-41(39(30)43(57)60)55-19-17-54(18-20-55)37-12-15-53(26-45(37,47)48)24-27-5-8-29(9-6-27)64-35-23-33-31(22-32(35)46)40(51-52(33)2)56-16-13-38(58)50-44(56)61;1-2-3;1-2/h5-11,14,21-23,37H,4,12-13,15-20,24-26H2,1-3H3,(H,50,58,61);1H3;1-2H3. The molecular formula is C49H55F3N10O7. The van der Waals surface area contributed by atoms with Crippen LogP contribution in [-0.2, 0) is 24.9 Å². The van der Waals surface area contributed by atoms with Gasteiger partial charge in [0.1, 0.15) is 11.6 Å². The molecule has 20 heteroatoms. The van der Waals surface area contributed by atoms with Crippen LogP contribution in [0.3, 0.4) is 0 Å². The number of halogens is 3. The number of rotatable bonds is 12. The first kappa shape index (κ1) is 49.7. The minimum Gasteiger partial charge on any atom is -0.493 e. The number of fused-ring (bicyclic) bond motifs is 2. The number of piperazine rings is 1. The SMILES string of the molecule is CC.CC#N.CCOc1cc(CN2C(=O)c3ccnc(N4CCN(C5CCN(Cc6ccc(Oc7cc8c(cc7F)c(N7CCC(=O)NC7=O)nn8C)cc6)CC5(F)F)CC4)c3C2=O)ccc1OC. The number of piperidine rings is 1. The highest BCUT2D eigenvalue weighted by Gasteiger charge is 2.48. The third kappa shape index (κ3) is 10.4. The second-order valence-corrected chi connectivity index (χ2v) is 16.4. The second kappa shape index (κ2) is 21.4. The number of ether oxygens (including phenoxy) is 3. The summed E-state index contributed by atoms with van der Waals surface area (Å²) in [5, 5.41) is 14.3. The van der Waals surface area contributed by atoms with Crippen LogP contribution in [0.15, 0.2) is 66.9 Å². The number of urea groups is 1. The van der Waals surface area contributed by atoms with Gasteiger partial charge in [0, 0.05) is 83.9 Å². The highest BCUT2D eigenvalue weighted by atomic mass is 19.3. The predicted molar refractivity (Wildman–Crippen MR) is 250 cm³/mol. The van der Waals surface area contributed by atoms with E-state index in [1.54, 1.807) is 66.5 Å². The fourth-order valence-corrected chi connectivity index (χ4v) is 9.03. The van der Waals surface area contributed by atoms with E-state index in [1.807, 2.05) is 30.6 Å². The molecule has 17 nitrogen and oxygen atoms in total. The first-order chi connectivity index (χ1) is 33.2. The van der Waals surface area contributed by atoms with E-state index in [2.05, 4.69) is 15.4 Å². The van der Waals surface area contributed by atoms with Gasteiger partial charge in [-0.2, -0.15) is 10.4 Å². The van der Waals surface area contributed by atoms with Crippen LogP contribution in [0.1, 0.15) is 72.4 Å². The number of hydrogen-bond acceptors (Lipinski definition) is 13. The smallest absolute Gasteiger partial charge is 0.329 e. The van der Waals surface area contributed by atoms with Crippen LogP contribution in [0.5, 0.6) is 23.0 Å². The van der Waals surface area contributed by atoms with Crippen molar-refractivity contribution in [1.29, 1.82) is 5.26 Å². The minimum atomic E-state index is -3.00. The molecule has 1 N–H and O–H groups in total. The van der Waals surface area contributed by atoms with Crippen LogP contribution in [0, 0.1) is 17.1 Å². The van der Waals surface area contributed by atoms with Crippen molar-refractivity contribution >= 4 is 46.3 Å². The number of anilines is 2. The summed E-state index contributed by atoms with van der Waals surface area (Å²) in [6.45, 7) is 9.52. The molecule has 9 rings (SSSR count). The summed E-state index contributed by atoms with van der Waals surface area (Å²) in [5.74, 6) is -3.02. The van der Waals surface area contributed by atoms with Gasteiger partial charge in [0.15, 0.2) is 28.9 Å². The number of imide groups is 2. The van der Waals surface area contributed by atoms with Crippen molar-refractivity contribution in [3.63, 3.8) is 0 Å². The van der Waals surface area contributed by atoms with E-state index in [-0.39, 0.29) is 61.1 Å². The number of alkyl halides is 2. The van der Waals surface area contributed by atoms with Crippen molar-refractivity contribution in [3.05, 3.63) is 94.9 Å². The van der Waals surface area contributed by atoms with Gasteiger partial charge in [-0.1, -0.05) is 32.0 Å². The molecule has 1 atom stereocenters. The van der Waals surface area contributed by atoms with Crippen LogP contribution in [0.2, 0.25) is 0 Å². The van der Waals surface area contributed by atoms with E-state index < -0.39 is 42.2 Å². The van der Waals surface area contributed by atoms with E-state index in [4.69, 9.17) is 19.5 Å². The quantitative estimate of drug-likeness (QED) is 0.125. The minimum absolute atomic E-state index is 0.0281. The lowest BCUT2D eigenvalue weighted by Gasteiger charge is -2.46. The monoisotopic (exact) mass is 952 g/mol. The average Bonchev–Trinajstić information content (AvgIpc) is 3.77. The van der Waals surface area contributed by atoms with Gasteiger partial charge in [-0.15, -0.1) is 0 Å². The van der Waals surface area contributed by atoms with Gasteiger partial charge in [-0.25, -0.2) is 22.9 Å². The first-order valence-corrected chi connectivity index (χ1v) is 22.8. The molecule has 5 amide bonds. The average molecular weight is 953 g/mol. The Hall–Kier alpha value is -7.24. The highest BCUT2D eigenvalue weighted by Crippen LogP contribution is 2.38. The topological polar surface area (TPSA) is 179 Å². The maximum Gasteiger partial charge on any atom is 0.329 e. The molecule has 0 aliphatic carbocycles. The number of hydrogen-bond donors (Lipinski definition) is 1. The number of aromatic nitrogens is 3. The molecule has 0 saturated carbocycles. The van der Waals surface area contributed by atoms with Gasteiger partial charge >= 0.3 is 6.03 Å². The van der Waals surface area contributed by atoms with Crippen molar-refractivity contribution in [3.8, 4) is 29.1 Å². The number of nitriles is 1. The number of carbonyl (C=O) groups excluding carboxylic acids is 4. The van der Waals surface area contributed by atoms with E-state index in [9.17, 15) is 19.2 Å². The molecule has 0 bridgehead atoms. The molecule has 0 radical (unpaired) electrons. The Labute approximate surface area is 397 Å². The van der Waals surface area contributed by atoms with Gasteiger partial charge in [-0.05, 0) is 60.9 Å². The first-order valence-electron chi connectivity index (χ1n) is 22.8. The Morgan fingerprint density at radius 3 is 2.25 bits per heavy atom. The molecule has 3 fully saturated rings. The van der Waals surface area contributed by atoms with Gasteiger partial charge in [0.05, 0.1) is 55.6 Å². The van der Waals surface area contributed by atoms with E-state index in [0.717, 1.165) is 5.56 Å². The number of amides is 5. The number of nitrogens with one attached hydrogen (secondary N) is 1. The van der Waals surface area contributed by atoms with Crippen LogP contribution < -0.4 is 29.3 Å². The molecule has 5 aromatic rings. The Morgan fingerprint density at radius 2 is 1.58 bits per heavy atom. The number of aryl methyl sites for hydroxylation is 1. The summed E-state index contributed by atoms with van der Waals surface area (Å²) in [4.78, 5) is 63.8. The molecule has 6 heterocycles. The number of nitrogens with zero attached hydrogens (tertiary/aromatic N) is 9. The van der Waals surface area contributed by atoms with Crippen LogP contribution >= 0.6 is 0 Å². The summed E-state index contributed by atoms with van der Waals surface area (Å²) in [5.41, 5.74) is 2.47. The lowest BCUT2D eigenvalue weighted by atomic mass is 9.97. The zero-order valence-corrected chi connectivity index (χ0v) is 39.4. The van der Waals surface area contributed by atoms with Crippen LogP contribution in [0.4, 0.5) is 29.6 Å². The lowest BCUT2D eigenvalue weighted by Crippen LogP contribution is -2.61. The summed E-state index contributed by atoms with van der Waals surface area (Å²) < 4.78 is 65.7. The lowest BCUT2D eigenvalue weighted by molar-refractivity contribution is -0.129. The molecule has 4 aliphatic heterocycles. The summed E-state index contributed by atoms with van der Waals surface area (Å²) >= 11 is 0. The van der Waals surface area contributed by atoms with Crippen molar-refractivity contribution in [2.24, 2.45) is 7.05 Å². The number of benzene rings is 3. The zero-order valence-electron chi connectivity index (χ0n) is 39.4. The highest BCUT2D eigenvalue weighted by molar-refractivity contribution is 6.23. The summed E-state index contributed by atoms with van der Waals surface area (Å²) in [7, 11) is 3.19. The third-order valence-electron chi connectivity index (χ3n) is 12.2. The van der Waals surface area contributed by atoms with E-state index >= 15 is 13.2 Å². The van der Waals surface area contributed by atoms with Gasteiger partial charge in [0.2, 0.25) is 5.91 Å². The van der Waals surface area contributed by atoms with Crippen LogP contribution in [-0.4, -0.2) is 125 Å². The van der Waals surface area contributed by atoms with Crippen molar-refractivity contribution in [2.45, 2.75) is 65.6 Å². The van der Waals surface area contributed by atoms with E-state index in [1.165, 1.54) is 46.8 Å². The largest absolute Gasteiger partial charge is 0.493 e. The number of pyridine rings is 1. The fraction of sp³-hybridized carbons (Fsp3) is 0.408. The molecule has 364 valence electrons. The van der Waals surface area contributed by atoms with Gasteiger partial charge in [-0.3, -0.25) is 44.0 Å². The zero-order chi connectivity index (χ0) is 49.6. The molecule has 3 aromatic carbocycles. The third-order valence-corrected chi connectivity index (χ3v) is 12.2. The normalized spacial score (nSPS) is 18.1. The number of likely N-dealkylation sites (tertiary alicyclic amines) is 1. The van der Waals surface area contributed by atoms with Gasteiger partial charge < -0.3 is 19.1 Å². The molecule has 4 aliphatic rings. The molecule has 2 aromatic heterocycles. The van der Waals surface area contributed by atoms with Crippen LogP contribution in [0.25, 0.3) is 10.9 Å². The summed E-state index contributed by atoms with van der Waals surface area (Å²) in [6, 6.07) is 16.5. The van der Waals surface area contributed by atoms with E-state index in [0.29, 0.717) is 78.9 Å². The number of carbonyl (C=O) groups is 4. The second-order valence-electron chi connectivity index (χ2n) is 16.4. The maximum atomic E-state index is 15.9. The van der Waals surface area contributed by atoms with Gasteiger partial charge in [0.25, 0.3) is 17.7 Å². The molecule has 1 unspecified atom stereocenters. The molecular weight excluding hydrogens is 898 g/mol. The Kier molecular flexibility index (Phi) is 15.4. The fourth-order valence-electron chi connectivity index (χ4n) is 9.03. The van der Waals surface area contributed by atoms with Crippen molar-refractivity contribution < 1.29 is 46.6 Å². The number of methoxy groups -OCH3 is 1. The van der Waals surface area contributed by atoms with Crippen molar-refractivity contribution in [1.82, 2.24) is 34.8 Å². The Morgan fingerprint density at radius 1 is 0.870 bits per heavy atom. The Bertz CT molecular complexity index is 2760. The Balaban J connectivity index is 0.00000135. The maximum absolute atomic E-state index is 15.9. The molecule has 3 saturated heterocycles. The molecule has 69 heavy (non-hydrogen) atoms. The van der Waals surface area contributed by atoms with Crippen molar-refractivity contribution in [2.75, 3.05) is 69.3 Å². The predicted octanol–water partition coefficient (Wildman–Crippen LogP) is 7.14.